The third-order valence-corrected chi connectivity index (χ3v) is 4.16. The zero-order valence-electron chi connectivity index (χ0n) is 14.9. The number of halogens is 2. The minimum absolute atomic E-state index is 0.153. The Balaban J connectivity index is 1.63. The molecule has 27 heavy (non-hydrogen) atoms. The van der Waals surface area contributed by atoms with E-state index >= 15 is 0 Å². The summed E-state index contributed by atoms with van der Waals surface area (Å²) in [6, 6.07) is 14.0. The zero-order chi connectivity index (χ0) is 19.6. The number of hydrogen-bond donors (Lipinski definition) is 3. The van der Waals surface area contributed by atoms with Crippen molar-refractivity contribution >= 4 is 40.7 Å². The second kappa shape index (κ2) is 10.8. The summed E-state index contributed by atoms with van der Waals surface area (Å²) in [7, 11) is 1.77. The summed E-state index contributed by atoms with van der Waals surface area (Å²) in [6.45, 7) is 1.05. The fraction of sp³-hybridized carbons (Fsp3) is 0.263. The van der Waals surface area contributed by atoms with Crippen molar-refractivity contribution < 1.29 is 19.2 Å². The average Bonchev–Trinajstić information content (AvgIpc) is 2.62. The molecular weight excluding hydrogens is 389 g/mol. The first-order valence-electron chi connectivity index (χ1n) is 8.45. The van der Waals surface area contributed by atoms with Crippen LogP contribution in [0.3, 0.4) is 0 Å². The fourth-order valence-electron chi connectivity index (χ4n) is 2.32. The smallest absolute Gasteiger partial charge is 0.279 e. The second-order valence-electron chi connectivity index (χ2n) is 5.99. The lowest BCUT2D eigenvalue weighted by molar-refractivity contribution is -0.862. The summed E-state index contributed by atoms with van der Waals surface area (Å²) in [5, 5.41) is 6.61. The number of ether oxygens (including phenoxy) is 1. The van der Waals surface area contributed by atoms with E-state index < -0.39 is 0 Å². The van der Waals surface area contributed by atoms with Crippen molar-refractivity contribution in [3.8, 4) is 5.75 Å². The van der Waals surface area contributed by atoms with Crippen LogP contribution in [0.5, 0.6) is 5.75 Å². The predicted molar refractivity (Wildman–Crippen MR) is 107 cm³/mol. The molecule has 0 fully saturated rings. The Morgan fingerprint density at radius 1 is 1.00 bits per heavy atom. The lowest BCUT2D eigenvalue weighted by atomic mass is 10.3. The molecule has 8 heteroatoms. The molecule has 0 saturated carbocycles. The highest BCUT2D eigenvalue weighted by Crippen LogP contribution is 2.19. The quantitative estimate of drug-likeness (QED) is 0.550. The Morgan fingerprint density at radius 3 is 2.37 bits per heavy atom. The van der Waals surface area contributed by atoms with Gasteiger partial charge in [-0.15, -0.1) is 0 Å². The highest BCUT2D eigenvalue weighted by atomic mass is 35.5. The highest BCUT2D eigenvalue weighted by molar-refractivity contribution is 6.33. The predicted octanol–water partition coefficient (Wildman–Crippen LogP) is 1.64. The molecule has 0 aliphatic carbocycles. The monoisotopic (exact) mass is 410 g/mol. The van der Waals surface area contributed by atoms with Crippen molar-refractivity contribution in [2.45, 2.75) is 0 Å². The molecule has 1 atom stereocenters. The number of likely N-dealkylation sites (N-methyl/N-ethyl adjacent to an activating group) is 1. The number of nitrogens with one attached hydrogen (secondary N) is 3. The van der Waals surface area contributed by atoms with Crippen LogP contribution in [0.25, 0.3) is 0 Å². The van der Waals surface area contributed by atoms with Crippen LogP contribution in [0, 0.1) is 0 Å². The Morgan fingerprint density at radius 2 is 1.67 bits per heavy atom. The molecule has 0 bridgehead atoms. The molecule has 0 spiro atoms. The van der Waals surface area contributed by atoms with E-state index in [-0.39, 0.29) is 24.9 Å². The molecule has 0 aromatic heterocycles. The normalized spacial score (nSPS) is 11.5. The van der Waals surface area contributed by atoms with Gasteiger partial charge in [0.1, 0.15) is 12.4 Å². The molecule has 2 amide bonds. The number of anilines is 1. The first-order chi connectivity index (χ1) is 12.9. The van der Waals surface area contributed by atoms with Gasteiger partial charge in [-0.25, -0.2) is 0 Å². The topological polar surface area (TPSA) is 71.9 Å². The van der Waals surface area contributed by atoms with Crippen LogP contribution >= 0.6 is 23.2 Å². The largest absolute Gasteiger partial charge is 0.492 e. The number of benzene rings is 2. The van der Waals surface area contributed by atoms with E-state index in [1.54, 1.807) is 55.6 Å². The van der Waals surface area contributed by atoms with Gasteiger partial charge in [-0.3, -0.25) is 9.59 Å². The Labute approximate surface area is 168 Å². The maximum absolute atomic E-state index is 12.0. The summed E-state index contributed by atoms with van der Waals surface area (Å²) in [6.07, 6.45) is 0. The lowest BCUT2D eigenvalue weighted by Gasteiger charge is -2.14. The molecule has 0 radical (unpaired) electrons. The number of quaternary nitrogens is 1. The van der Waals surface area contributed by atoms with Crippen LogP contribution in [-0.2, 0) is 9.59 Å². The van der Waals surface area contributed by atoms with Crippen molar-refractivity contribution in [1.82, 2.24) is 5.32 Å². The van der Waals surface area contributed by atoms with Crippen molar-refractivity contribution in [1.29, 1.82) is 0 Å². The van der Waals surface area contributed by atoms with Crippen LogP contribution in [0.15, 0.2) is 48.5 Å². The molecule has 144 valence electrons. The first-order valence-corrected chi connectivity index (χ1v) is 9.20. The van der Waals surface area contributed by atoms with E-state index in [9.17, 15) is 9.59 Å². The molecule has 6 nitrogen and oxygen atoms in total. The van der Waals surface area contributed by atoms with E-state index in [4.69, 9.17) is 27.9 Å². The van der Waals surface area contributed by atoms with Gasteiger partial charge in [0.25, 0.3) is 11.8 Å². The SMILES string of the molecule is C[NH+](CC(=O)NCCOc1ccc(Cl)cc1)CC(=O)Nc1ccccc1Cl. The van der Waals surface area contributed by atoms with Crippen LogP contribution in [0.2, 0.25) is 10.0 Å². The maximum atomic E-state index is 12.0. The van der Waals surface area contributed by atoms with Gasteiger partial charge in [0.2, 0.25) is 0 Å². The van der Waals surface area contributed by atoms with Gasteiger partial charge in [-0.05, 0) is 36.4 Å². The Hall–Kier alpha value is -2.28. The molecule has 0 heterocycles. The molecule has 0 saturated heterocycles. The zero-order valence-corrected chi connectivity index (χ0v) is 16.4. The van der Waals surface area contributed by atoms with E-state index in [0.29, 0.717) is 34.6 Å². The lowest BCUT2D eigenvalue weighted by Crippen LogP contribution is -3.11. The van der Waals surface area contributed by atoms with Crippen molar-refractivity contribution in [2.24, 2.45) is 0 Å². The van der Waals surface area contributed by atoms with Crippen molar-refractivity contribution in [3.63, 3.8) is 0 Å². The van der Waals surface area contributed by atoms with Crippen molar-refractivity contribution in [3.05, 3.63) is 58.6 Å². The number of rotatable bonds is 9. The number of carbonyl (C=O) groups is 2. The fourth-order valence-corrected chi connectivity index (χ4v) is 2.63. The summed E-state index contributed by atoms with van der Waals surface area (Å²) in [5.41, 5.74) is 0.556. The van der Waals surface area contributed by atoms with Gasteiger partial charge in [-0.1, -0.05) is 35.3 Å². The molecule has 2 aromatic rings. The summed E-state index contributed by atoms with van der Waals surface area (Å²) in [4.78, 5) is 24.8. The van der Waals surface area contributed by atoms with Crippen LogP contribution in [0.1, 0.15) is 0 Å². The minimum atomic E-state index is -0.209. The number of hydrogen-bond acceptors (Lipinski definition) is 3. The van der Waals surface area contributed by atoms with Crippen LogP contribution < -0.4 is 20.3 Å². The number of carbonyl (C=O) groups excluding carboxylic acids is 2. The van der Waals surface area contributed by atoms with Gasteiger partial charge in [0, 0.05) is 5.02 Å². The van der Waals surface area contributed by atoms with Crippen LogP contribution in [-0.4, -0.2) is 45.1 Å². The summed E-state index contributed by atoms with van der Waals surface area (Å²) < 4.78 is 5.50. The second-order valence-corrected chi connectivity index (χ2v) is 6.83. The molecule has 1 unspecified atom stereocenters. The average molecular weight is 411 g/mol. The summed E-state index contributed by atoms with van der Waals surface area (Å²) >= 11 is 11.8. The molecule has 2 aromatic carbocycles. The first kappa shape index (κ1) is 21.0. The maximum Gasteiger partial charge on any atom is 0.279 e. The van der Waals surface area contributed by atoms with E-state index in [2.05, 4.69) is 10.6 Å². The Bertz CT molecular complexity index is 769. The minimum Gasteiger partial charge on any atom is -0.492 e. The van der Waals surface area contributed by atoms with Gasteiger partial charge >= 0.3 is 0 Å². The number of para-hydroxylation sites is 1. The molecule has 0 aliphatic heterocycles. The van der Waals surface area contributed by atoms with Gasteiger partial charge < -0.3 is 20.3 Å². The molecule has 3 N–H and O–H groups in total. The molecular formula is C19H22Cl2N3O3+. The van der Waals surface area contributed by atoms with Crippen molar-refractivity contribution in [2.75, 3.05) is 38.6 Å². The molecule has 0 aliphatic rings. The van der Waals surface area contributed by atoms with E-state index in [1.165, 1.54) is 0 Å². The molecule has 2 rings (SSSR count). The Kier molecular flexibility index (Phi) is 8.39. The third-order valence-electron chi connectivity index (χ3n) is 3.58. The van der Waals surface area contributed by atoms with Gasteiger partial charge in [0.15, 0.2) is 13.1 Å². The number of amides is 2. The third kappa shape index (κ3) is 7.86. The standard InChI is InChI=1S/C19H21Cl2N3O3/c1-24(13-19(26)23-17-5-3-2-4-16(17)21)12-18(25)22-10-11-27-15-8-6-14(20)7-9-15/h2-9H,10-13H2,1H3,(H,22,25)(H,23,26)/p+1. The van der Waals surface area contributed by atoms with Crippen LogP contribution in [0.4, 0.5) is 5.69 Å². The summed E-state index contributed by atoms with van der Waals surface area (Å²) in [5.74, 6) is 0.324. The van der Waals surface area contributed by atoms with Gasteiger partial charge in [0.05, 0.1) is 24.3 Å². The highest BCUT2D eigenvalue weighted by Gasteiger charge is 2.14. The van der Waals surface area contributed by atoms with Gasteiger partial charge in [-0.2, -0.15) is 0 Å². The van der Waals surface area contributed by atoms with E-state index in [1.807, 2.05) is 0 Å². The van der Waals surface area contributed by atoms with E-state index in [0.717, 1.165) is 4.90 Å².